The Morgan fingerprint density at radius 3 is 2.68 bits per heavy atom. The molecule has 0 spiro atoms. The zero-order chi connectivity index (χ0) is 24.1. The molecule has 182 valence electrons. The average Bonchev–Trinajstić information content (AvgIpc) is 3.52. The van der Waals surface area contributed by atoms with Crippen LogP contribution in [-0.4, -0.2) is 24.6 Å². The molecule has 4 heterocycles. The van der Waals surface area contributed by atoms with Crippen molar-refractivity contribution in [2.45, 2.75) is 0 Å². The molecule has 0 atom stereocenters. The summed E-state index contributed by atoms with van der Waals surface area (Å²) in [5.41, 5.74) is 3.15. The Bertz CT molecular complexity index is 1910. The third-order valence-electron chi connectivity index (χ3n) is 6.07. The van der Waals surface area contributed by atoms with Crippen LogP contribution in [0.2, 0.25) is 0 Å². The van der Waals surface area contributed by atoms with Crippen LogP contribution < -0.4 is 4.74 Å². The first kappa shape index (κ1) is 23.3. The van der Waals surface area contributed by atoms with Gasteiger partial charge in [0, 0.05) is 49.2 Å². The van der Waals surface area contributed by atoms with Crippen LogP contribution in [0.25, 0.3) is 49.0 Å². The minimum absolute atomic E-state index is 0. The molecular weight excluding hydrogens is 663 g/mol. The first-order chi connectivity index (χ1) is 17.7. The Morgan fingerprint density at radius 2 is 1.73 bits per heavy atom. The molecule has 0 bridgehead atoms. The van der Waals surface area contributed by atoms with E-state index in [0.29, 0.717) is 23.0 Å². The molecule has 1 N–H and O–H groups in total. The minimum atomic E-state index is -0.130. The van der Waals surface area contributed by atoms with Crippen molar-refractivity contribution in [3.8, 4) is 34.7 Å². The van der Waals surface area contributed by atoms with E-state index < -0.39 is 0 Å². The van der Waals surface area contributed by atoms with E-state index in [2.05, 4.69) is 27.5 Å². The number of fused-ring (bicyclic) bond motifs is 3. The number of nitrogens with zero attached hydrogens (tertiary/aromatic N) is 4. The van der Waals surface area contributed by atoms with E-state index in [1.54, 1.807) is 15.9 Å². The van der Waals surface area contributed by atoms with Crippen molar-refractivity contribution < 1.29 is 30.9 Å². The van der Waals surface area contributed by atoms with Crippen LogP contribution in [0.1, 0.15) is 0 Å². The van der Waals surface area contributed by atoms with Crippen molar-refractivity contribution in [3.05, 3.63) is 103 Å². The molecular formula is C29H17N4O2PtS-. The van der Waals surface area contributed by atoms with Gasteiger partial charge in [0.2, 0.25) is 5.88 Å². The first-order valence-corrected chi connectivity index (χ1v) is 12.2. The maximum atomic E-state index is 10.7. The normalized spacial score (nSPS) is 11.1. The number of ether oxygens (including phenoxy) is 1. The Balaban J connectivity index is 0.00000252. The van der Waals surface area contributed by atoms with E-state index in [9.17, 15) is 5.11 Å². The second-order valence-electron chi connectivity index (χ2n) is 8.26. The van der Waals surface area contributed by atoms with Crippen molar-refractivity contribution in [3.63, 3.8) is 0 Å². The summed E-state index contributed by atoms with van der Waals surface area (Å²) in [7, 11) is 0. The summed E-state index contributed by atoms with van der Waals surface area (Å²) in [5, 5.41) is 15.7. The van der Waals surface area contributed by atoms with Crippen LogP contribution in [-0.2, 0) is 21.1 Å². The number of aromatic nitrogens is 4. The molecule has 3 aromatic carbocycles. The number of rotatable bonds is 4. The van der Waals surface area contributed by atoms with Gasteiger partial charge < -0.3 is 14.8 Å². The zero-order valence-corrected chi connectivity index (χ0v) is 22.2. The van der Waals surface area contributed by atoms with Crippen molar-refractivity contribution in [2.24, 2.45) is 0 Å². The fourth-order valence-corrected chi connectivity index (χ4v) is 5.25. The van der Waals surface area contributed by atoms with Gasteiger partial charge in [-0.05, 0) is 40.0 Å². The number of aromatic hydroxyl groups is 1. The van der Waals surface area contributed by atoms with Gasteiger partial charge in [-0.2, -0.15) is 9.97 Å². The molecule has 0 unspecified atom stereocenters. The summed E-state index contributed by atoms with van der Waals surface area (Å²) in [4.78, 5) is 13.7. The van der Waals surface area contributed by atoms with Crippen molar-refractivity contribution >= 4 is 43.2 Å². The number of para-hydroxylation sites is 2. The second-order valence-corrected chi connectivity index (χ2v) is 9.21. The molecule has 7 rings (SSSR count). The standard InChI is InChI=1S/C29H17N4O2S.Pt/c34-29-31-23-10-3-4-11-24(23)33(29)28-21-9-2-1-6-18(21)17-26(32-28)35-20-8-5-7-19(16-20)27-22-13-15-36-25(22)12-14-30-27;/h1-15,17H,(H,31,34);/q-1;. The van der Waals surface area contributed by atoms with E-state index in [1.807, 2.05) is 85.1 Å². The van der Waals surface area contributed by atoms with Crippen LogP contribution in [0, 0.1) is 6.07 Å². The molecule has 0 aliphatic rings. The number of pyridine rings is 2. The maximum Gasteiger partial charge on any atom is 0.300 e. The SMILES string of the molecule is Oc1nc2ccccc2n1-c1nc(Oc2[c-]c(-c3nccc4sccc34)ccc2)cc2ccccc12.[Pt]. The first-order valence-electron chi connectivity index (χ1n) is 11.3. The summed E-state index contributed by atoms with van der Waals surface area (Å²) in [6.45, 7) is 0. The molecule has 0 saturated heterocycles. The van der Waals surface area contributed by atoms with Gasteiger partial charge in [0.05, 0.1) is 11.0 Å². The van der Waals surface area contributed by atoms with E-state index in [0.717, 1.165) is 32.9 Å². The second kappa shape index (κ2) is 9.43. The third-order valence-corrected chi connectivity index (χ3v) is 6.95. The quantitative estimate of drug-likeness (QED) is 0.200. The molecule has 7 aromatic rings. The fourth-order valence-electron chi connectivity index (χ4n) is 4.47. The largest absolute Gasteiger partial charge is 0.480 e. The smallest absolute Gasteiger partial charge is 0.300 e. The van der Waals surface area contributed by atoms with Gasteiger partial charge in [-0.1, -0.05) is 48.5 Å². The van der Waals surface area contributed by atoms with Crippen LogP contribution in [0.15, 0.2) is 96.5 Å². The van der Waals surface area contributed by atoms with E-state index >= 15 is 0 Å². The van der Waals surface area contributed by atoms with E-state index in [1.165, 1.54) is 4.70 Å². The van der Waals surface area contributed by atoms with Crippen molar-refractivity contribution in [1.82, 2.24) is 19.5 Å². The Hall–Kier alpha value is -4.06. The van der Waals surface area contributed by atoms with Gasteiger partial charge in [-0.25, -0.2) is 4.57 Å². The van der Waals surface area contributed by atoms with Crippen molar-refractivity contribution in [2.75, 3.05) is 0 Å². The Labute approximate surface area is 230 Å². The molecule has 0 radical (unpaired) electrons. The topological polar surface area (TPSA) is 73.1 Å². The Kier molecular flexibility index (Phi) is 5.95. The van der Waals surface area contributed by atoms with Crippen LogP contribution in [0.3, 0.4) is 0 Å². The predicted octanol–water partition coefficient (Wildman–Crippen LogP) is 7.15. The number of benzene rings is 3. The molecule has 37 heavy (non-hydrogen) atoms. The monoisotopic (exact) mass is 680 g/mol. The summed E-state index contributed by atoms with van der Waals surface area (Å²) < 4.78 is 9.04. The number of imidazole rings is 1. The molecule has 0 fully saturated rings. The summed E-state index contributed by atoms with van der Waals surface area (Å²) in [6.07, 6.45) is 1.81. The van der Waals surface area contributed by atoms with E-state index in [4.69, 9.17) is 9.72 Å². The molecule has 0 amide bonds. The van der Waals surface area contributed by atoms with Crippen LogP contribution >= 0.6 is 11.3 Å². The molecule has 8 heteroatoms. The molecule has 0 saturated carbocycles. The molecule has 6 nitrogen and oxygen atoms in total. The third kappa shape index (κ3) is 4.06. The van der Waals surface area contributed by atoms with Crippen LogP contribution in [0.4, 0.5) is 0 Å². The molecule has 4 aromatic heterocycles. The summed E-state index contributed by atoms with van der Waals surface area (Å²) in [5.74, 6) is 1.45. The number of hydrogen-bond acceptors (Lipinski definition) is 6. The fraction of sp³-hybridized carbons (Fsp3) is 0. The maximum absolute atomic E-state index is 10.7. The molecule has 0 aliphatic heterocycles. The summed E-state index contributed by atoms with van der Waals surface area (Å²) >= 11 is 1.68. The van der Waals surface area contributed by atoms with Crippen LogP contribution in [0.5, 0.6) is 17.6 Å². The predicted molar refractivity (Wildman–Crippen MR) is 142 cm³/mol. The number of thiophene rings is 1. The van der Waals surface area contributed by atoms with Gasteiger partial charge in [-0.3, -0.25) is 0 Å². The van der Waals surface area contributed by atoms with Gasteiger partial charge in [0.1, 0.15) is 0 Å². The number of hydrogen-bond donors (Lipinski definition) is 1. The minimum Gasteiger partial charge on any atom is -0.480 e. The summed E-state index contributed by atoms with van der Waals surface area (Å²) in [6, 6.07) is 30.3. The van der Waals surface area contributed by atoms with Gasteiger partial charge in [0.15, 0.2) is 5.82 Å². The molecule has 0 aliphatic carbocycles. The zero-order valence-electron chi connectivity index (χ0n) is 19.1. The van der Waals surface area contributed by atoms with Gasteiger partial charge in [-0.15, -0.1) is 35.1 Å². The van der Waals surface area contributed by atoms with E-state index in [-0.39, 0.29) is 27.1 Å². The Morgan fingerprint density at radius 1 is 0.865 bits per heavy atom. The van der Waals surface area contributed by atoms with Gasteiger partial charge >= 0.3 is 6.01 Å². The van der Waals surface area contributed by atoms with Crippen molar-refractivity contribution in [1.29, 1.82) is 0 Å². The average molecular weight is 681 g/mol. The van der Waals surface area contributed by atoms with Gasteiger partial charge in [0.25, 0.3) is 0 Å².